The Balaban J connectivity index is 0.00000162. The van der Waals surface area contributed by atoms with E-state index < -0.39 is 0 Å². The van der Waals surface area contributed by atoms with Crippen molar-refractivity contribution in [2.75, 3.05) is 0 Å². The van der Waals surface area contributed by atoms with Crippen LogP contribution in [0.2, 0.25) is 0 Å². The summed E-state index contributed by atoms with van der Waals surface area (Å²) in [6.45, 7) is 5.45. The van der Waals surface area contributed by atoms with Crippen molar-refractivity contribution in [3.05, 3.63) is 66.0 Å². The highest BCUT2D eigenvalue weighted by Gasteiger charge is 2.06. The first-order valence-corrected chi connectivity index (χ1v) is 6.32. The molecule has 1 aromatic heterocycles. The minimum Gasteiger partial charge on any atom is -1.00 e. The standard InChI is InChI=1S/C16H20N.ClH/c1-3-14(2)16-9-11-17(12-10-16)13-15-7-5-4-6-8-15;/h4-12,14H,3,13H2,1-2H3;1H/q+1;/p-1. The van der Waals surface area contributed by atoms with E-state index in [2.05, 4.69) is 73.3 Å². The second-order valence-corrected chi connectivity index (χ2v) is 4.60. The Morgan fingerprint density at radius 2 is 1.61 bits per heavy atom. The van der Waals surface area contributed by atoms with Crippen LogP contribution in [-0.2, 0) is 6.54 Å². The van der Waals surface area contributed by atoms with Gasteiger partial charge in [0.05, 0.1) is 0 Å². The minimum absolute atomic E-state index is 0. The van der Waals surface area contributed by atoms with Gasteiger partial charge in [0.2, 0.25) is 0 Å². The molecule has 0 N–H and O–H groups in total. The van der Waals surface area contributed by atoms with Crippen LogP contribution in [0.4, 0.5) is 0 Å². The second kappa shape index (κ2) is 7.17. The van der Waals surface area contributed by atoms with Crippen molar-refractivity contribution in [1.82, 2.24) is 0 Å². The van der Waals surface area contributed by atoms with Gasteiger partial charge in [0.15, 0.2) is 18.9 Å². The maximum absolute atomic E-state index is 2.27. The van der Waals surface area contributed by atoms with Crippen LogP contribution in [0.5, 0.6) is 0 Å². The molecule has 96 valence electrons. The van der Waals surface area contributed by atoms with Crippen LogP contribution in [0, 0.1) is 0 Å². The zero-order valence-electron chi connectivity index (χ0n) is 11.0. The predicted molar refractivity (Wildman–Crippen MR) is 70.9 cm³/mol. The van der Waals surface area contributed by atoms with Crippen molar-refractivity contribution in [2.45, 2.75) is 32.7 Å². The van der Waals surface area contributed by atoms with Crippen LogP contribution < -0.4 is 17.0 Å². The van der Waals surface area contributed by atoms with Crippen molar-refractivity contribution in [3.8, 4) is 0 Å². The molecule has 1 atom stereocenters. The van der Waals surface area contributed by atoms with E-state index in [9.17, 15) is 0 Å². The van der Waals surface area contributed by atoms with Crippen molar-refractivity contribution >= 4 is 0 Å². The van der Waals surface area contributed by atoms with Crippen LogP contribution in [0.15, 0.2) is 54.9 Å². The Hall–Kier alpha value is -1.34. The molecule has 1 unspecified atom stereocenters. The number of hydrogen-bond donors (Lipinski definition) is 0. The van der Waals surface area contributed by atoms with Crippen molar-refractivity contribution < 1.29 is 17.0 Å². The third-order valence-electron chi connectivity index (χ3n) is 3.31. The summed E-state index contributed by atoms with van der Waals surface area (Å²) in [4.78, 5) is 0. The number of halogens is 1. The van der Waals surface area contributed by atoms with Gasteiger partial charge in [0, 0.05) is 17.7 Å². The van der Waals surface area contributed by atoms with Crippen molar-refractivity contribution in [2.24, 2.45) is 0 Å². The van der Waals surface area contributed by atoms with Gasteiger partial charge in [-0.25, -0.2) is 4.57 Å². The maximum Gasteiger partial charge on any atom is 0.173 e. The monoisotopic (exact) mass is 261 g/mol. The molecular formula is C16H20ClN. The summed E-state index contributed by atoms with van der Waals surface area (Å²) in [5.74, 6) is 0.654. The first-order chi connectivity index (χ1) is 8.29. The number of nitrogens with zero attached hydrogens (tertiary/aromatic N) is 1. The molecule has 0 fully saturated rings. The fourth-order valence-electron chi connectivity index (χ4n) is 1.93. The zero-order chi connectivity index (χ0) is 12.1. The summed E-state index contributed by atoms with van der Waals surface area (Å²) < 4.78 is 2.22. The molecule has 0 aliphatic rings. The SMILES string of the molecule is CCC(C)c1cc[n+](Cc2ccccc2)cc1.[Cl-]. The molecule has 1 aromatic carbocycles. The van der Waals surface area contributed by atoms with Gasteiger partial charge in [-0.15, -0.1) is 0 Å². The van der Waals surface area contributed by atoms with E-state index in [1.54, 1.807) is 0 Å². The molecule has 0 radical (unpaired) electrons. The summed E-state index contributed by atoms with van der Waals surface area (Å²) in [6.07, 6.45) is 5.55. The van der Waals surface area contributed by atoms with Crippen LogP contribution in [0.1, 0.15) is 37.3 Å². The van der Waals surface area contributed by atoms with Crippen molar-refractivity contribution in [1.29, 1.82) is 0 Å². The molecule has 0 spiro atoms. The largest absolute Gasteiger partial charge is 1.00 e. The van der Waals surface area contributed by atoms with Crippen LogP contribution >= 0.6 is 0 Å². The van der Waals surface area contributed by atoms with E-state index >= 15 is 0 Å². The lowest BCUT2D eigenvalue weighted by atomic mass is 10.0. The van der Waals surface area contributed by atoms with Gasteiger partial charge in [0.25, 0.3) is 0 Å². The minimum atomic E-state index is 0. The smallest absolute Gasteiger partial charge is 0.173 e. The second-order valence-electron chi connectivity index (χ2n) is 4.60. The number of pyridine rings is 1. The fourth-order valence-corrected chi connectivity index (χ4v) is 1.93. The summed E-state index contributed by atoms with van der Waals surface area (Å²) >= 11 is 0. The molecular weight excluding hydrogens is 242 g/mol. The molecule has 0 saturated heterocycles. The Kier molecular flexibility index (Phi) is 5.87. The third-order valence-corrected chi connectivity index (χ3v) is 3.31. The van der Waals surface area contributed by atoms with Gasteiger partial charge in [0.1, 0.15) is 0 Å². The van der Waals surface area contributed by atoms with E-state index in [-0.39, 0.29) is 12.4 Å². The van der Waals surface area contributed by atoms with Crippen LogP contribution in [-0.4, -0.2) is 0 Å². The zero-order valence-corrected chi connectivity index (χ0v) is 11.8. The molecule has 1 nitrogen and oxygen atoms in total. The summed E-state index contributed by atoms with van der Waals surface area (Å²) in [6, 6.07) is 15.0. The number of rotatable bonds is 4. The average Bonchev–Trinajstić information content (AvgIpc) is 2.40. The Morgan fingerprint density at radius 1 is 1.00 bits per heavy atom. The molecule has 2 heteroatoms. The maximum atomic E-state index is 2.27. The predicted octanol–water partition coefficient (Wildman–Crippen LogP) is 0.540. The van der Waals surface area contributed by atoms with Gasteiger partial charge in [-0.1, -0.05) is 44.2 Å². The van der Waals surface area contributed by atoms with Crippen molar-refractivity contribution in [3.63, 3.8) is 0 Å². The molecule has 0 amide bonds. The lowest BCUT2D eigenvalue weighted by molar-refractivity contribution is -0.688. The highest BCUT2D eigenvalue weighted by atomic mass is 35.5. The van der Waals surface area contributed by atoms with Gasteiger partial charge in [-0.2, -0.15) is 0 Å². The third kappa shape index (κ3) is 3.85. The Bertz CT molecular complexity index is 450. The van der Waals surface area contributed by atoms with Gasteiger partial charge < -0.3 is 12.4 Å². The van der Waals surface area contributed by atoms with E-state index in [0.717, 1.165) is 6.54 Å². The summed E-state index contributed by atoms with van der Waals surface area (Å²) in [7, 11) is 0. The fraction of sp³-hybridized carbons (Fsp3) is 0.312. The lowest BCUT2D eigenvalue weighted by Crippen LogP contribution is -3.00. The molecule has 2 rings (SSSR count). The highest BCUT2D eigenvalue weighted by molar-refractivity contribution is 5.14. The summed E-state index contributed by atoms with van der Waals surface area (Å²) in [5.41, 5.74) is 2.77. The first-order valence-electron chi connectivity index (χ1n) is 6.32. The molecule has 0 bridgehead atoms. The molecule has 2 aromatic rings. The van der Waals surface area contributed by atoms with Crippen LogP contribution in [0.25, 0.3) is 0 Å². The molecule has 0 saturated carbocycles. The number of aromatic nitrogens is 1. The molecule has 18 heavy (non-hydrogen) atoms. The van der Waals surface area contributed by atoms with E-state index in [1.165, 1.54) is 17.5 Å². The van der Waals surface area contributed by atoms with E-state index in [0.29, 0.717) is 5.92 Å². The van der Waals surface area contributed by atoms with E-state index in [1.807, 2.05) is 0 Å². The van der Waals surface area contributed by atoms with Gasteiger partial charge >= 0.3 is 0 Å². The normalized spacial score (nSPS) is 11.7. The highest BCUT2D eigenvalue weighted by Crippen LogP contribution is 2.16. The topological polar surface area (TPSA) is 3.88 Å². The van der Waals surface area contributed by atoms with Crippen LogP contribution in [0.3, 0.4) is 0 Å². The van der Waals surface area contributed by atoms with Gasteiger partial charge in [-0.3, -0.25) is 0 Å². The first kappa shape index (κ1) is 14.7. The number of benzene rings is 1. The van der Waals surface area contributed by atoms with E-state index in [4.69, 9.17) is 0 Å². The molecule has 0 aliphatic heterocycles. The average molecular weight is 262 g/mol. The Labute approximate surface area is 116 Å². The lowest BCUT2D eigenvalue weighted by Gasteiger charge is -2.07. The molecule has 1 heterocycles. The molecule has 0 aliphatic carbocycles. The van der Waals surface area contributed by atoms with Gasteiger partial charge in [-0.05, 0) is 17.9 Å². The summed E-state index contributed by atoms with van der Waals surface area (Å²) in [5, 5.41) is 0. The Morgan fingerprint density at radius 3 is 2.17 bits per heavy atom. The quantitative estimate of drug-likeness (QED) is 0.708. The number of hydrogen-bond acceptors (Lipinski definition) is 0.